The Labute approximate surface area is 208 Å². The molecule has 3 aliphatic rings. The molecule has 0 atom stereocenters. The molecule has 182 valence electrons. The molecule has 2 saturated carbocycles. The first-order chi connectivity index (χ1) is 17.1. The Morgan fingerprint density at radius 3 is 2.66 bits per heavy atom. The highest BCUT2D eigenvalue weighted by molar-refractivity contribution is 7.18. The van der Waals surface area contributed by atoms with Crippen LogP contribution in [0.4, 0.5) is 16.6 Å². The molecule has 1 saturated heterocycles. The van der Waals surface area contributed by atoms with Crippen LogP contribution in [0.25, 0.3) is 10.6 Å². The number of aromatic nitrogens is 4. The van der Waals surface area contributed by atoms with Gasteiger partial charge in [0, 0.05) is 32.5 Å². The molecule has 9 nitrogen and oxygen atoms in total. The molecule has 3 aromatic rings. The topological polar surface area (TPSA) is 96.4 Å². The number of nitrogens with one attached hydrogen (secondary N) is 1. The summed E-state index contributed by atoms with van der Waals surface area (Å²) in [5, 5.41) is 4.00. The third-order valence-electron chi connectivity index (χ3n) is 7.42. The maximum absolute atomic E-state index is 12.0. The predicted octanol–water partition coefficient (Wildman–Crippen LogP) is 4.12. The SMILES string of the molecule is CN1CCN(c2ccc(Nc3ncc(-c4ccnc(OC5CCC6(CC5)CC6)n4)s3)nc2)CC1=O. The van der Waals surface area contributed by atoms with Crippen LogP contribution >= 0.6 is 11.3 Å². The minimum atomic E-state index is 0.123. The fourth-order valence-corrected chi connectivity index (χ4v) is 5.66. The highest BCUT2D eigenvalue weighted by Crippen LogP contribution is 2.56. The van der Waals surface area contributed by atoms with Gasteiger partial charge < -0.3 is 19.9 Å². The molecule has 1 aliphatic heterocycles. The number of hydrogen-bond donors (Lipinski definition) is 1. The zero-order valence-corrected chi connectivity index (χ0v) is 20.6. The van der Waals surface area contributed by atoms with E-state index in [0.29, 0.717) is 23.8 Å². The van der Waals surface area contributed by atoms with E-state index < -0.39 is 0 Å². The molecule has 0 unspecified atom stereocenters. The normalized spacial score (nSPS) is 19.7. The molecule has 4 heterocycles. The van der Waals surface area contributed by atoms with Crippen molar-refractivity contribution in [1.82, 2.24) is 24.8 Å². The van der Waals surface area contributed by atoms with Gasteiger partial charge in [-0.05, 0) is 62.1 Å². The zero-order chi connectivity index (χ0) is 23.8. The van der Waals surface area contributed by atoms with Crippen molar-refractivity contribution in [2.45, 2.75) is 44.6 Å². The van der Waals surface area contributed by atoms with E-state index in [1.54, 1.807) is 23.5 Å². The van der Waals surface area contributed by atoms with Crippen molar-refractivity contribution in [1.29, 1.82) is 0 Å². The second-order valence-electron chi connectivity index (χ2n) is 9.83. The summed E-state index contributed by atoms with van der Waals surface area (Å²) < 4.78 is 6.12. The average Bonchev–Trinajstić information content (AvgIpc) is 3.47. The Hall–Kier alpha value is -3.27. The number of nitrogens with zero attached hydrogens (tertiary/aromatic N) is 6. The second kappa shape index (κ2) is 9.07. The Bertz CT molecular complexity index is 1200. The van der Waals surface area contributed by atoms with Gasteiger partial charge in [0.1, 0.15) is 11.9 Å². The molecule has 0 aromatic carbocycles. The van der Waals surface area contributed by atoms with Crippen LogP contribution in [-0.2, 0) is 4.79 Å². The van der Waals surface area contributed by atoms with E-state index in [-0.39, 0.29) is 12.0 Å². The van der Waals surface area contributed by atoms with E-state index >= 15 is 0 Å². The maximum atomic E-state index is 12.0. The number of thiazole rings is 1. The molecule has 1 N–H and O–H groups in total. The number of piperazine rings is 1. The molecule has 0 bridgehead atoms. The van der Waals surface area contributed by atoms with Gasteiger partial charge >= 0.3 is 6.01 Å². The van der Waals surface area contributed by atoms with Crippen LogP contribution in [0.2, 0.25) is 0 Å². The third-order valence-corrected chi connectivity index (χ3v) is 8.35. The van der Waals surface area contributed by atoms with E-state index in [1.807, 2.05) is 30.1 Å². The van der Waals surface area contributed by atoms with Gasteiger partial charge in [0.25, 0.3) is 0 Å². The summed E-state index contributed by atoms with van der Waals surface area (Å²) in [4.78, 5) is 34.7. The number of carbonyl (C=O) groups is 1. The summed E-state index contributed by atoms with van der Waals surface area (Å²) in [5.74, 6) is 0.824. The molecular weight excluding hydrogens is 462 g/mol. The Morgan fingerprint density at radius 2 is 1.91 bits per heavy atom. The van der Waals surface area contributed by atoms with Crippen molar-refractivity contribution in [3.05, 3.63) is 36.8 Å². The van der Waals surface area contributed by atoms with E-state index in [0.717, 1.165) is 47.3 Å². The molecular formula is C25H29N7O2S. The summed E-state index contributed by atoms with van der Waals surface area (Å²) in [6.07, 6.45) is 13.1. The van der Waals surface area contributed by atoms with Crippen LogP contribution in [0.15, 0.2) is 36.8 Å². The van der Waals surface area contributed by atoms with Gasteiger partial charge in [0.15, 0.2) is 5.13 Å². The number of ether oxygens (including phenoxy) is 1. The van der Waals surface area contributed by atoms with Gasteiger partial charge in [-0.15, -0.1) is 0 Å². The molecule has 10 heteroatoms. The summed E-state index contributed by atoms with van der Waals surface area (Å²) in [6, 6.07) is 6.22. The molecule has 2 aliphatic carbocycles. The van der Waals surface area contributed by atoms with Crippen LogP contribution in [0.5, 0.6) is 6.01 Å². The first-order valence-electron chi connectivity index (χ1n) is 12.2. The highest BCUT2D eigenvalue weighted by Gasteiger charge is 2.45. The number of carbonyl (C=O) groups excluding carboxylic acids is 1. The largest absolute Gasteiger partial charge is 0.460 e. The fourth-order valence-electron chi connectivity index (χ4n) is 4.87. The second-order valence-corrected chi connectivity index (χ2v) is 10.9. The van der Waals surface area contributed by atoms with Gasteiger partial charge in [-0.25, -0.2) is 15.0 Å². The molecule has 1 amide bonds. The lowest BCUT2D eigenvalue weighted by atomic mass is 9.85. The summed E-state index contributed by atoms with van der Waals surface area (Å²) in [7, 11) is 1.84. The quantitative estimate of drug-likeness (QED) is 0.550. The van der Waals surface area contributed by atoms with Crippen LogP contribution < -0.4 is 15.0 Å². The number of pyridine rings is 1. The molecule has 3 aromatic heterocycles. The van der Waals surface area contributed by atoms with Crippen molar-refractivity contribution in [2.75, 3.05) is 36.9 Å². The lowest BCUT2D eigenvalue weighted by molar-refractivity contribution is -0.129. The van der Waals surface area contributed by atoms with Crippen LogP contribution in [-0.4, -0.2) is 63.5 Å². The van der Waals surface area contributed by atoms with Gasteiger partial charge in [-0.3, -0.25) is 4.79 Å². The van der Waals surface area contributed by atoms with Crippen LogP contribution in [0.3, 0.4) is 0 Å². The maximum Gasteiger partial charge on any atom is 0.317 e. The Morgan fingerprint density at radius 1 is 1.06 bits per heavy atom. The van der Waals surface area contributed by atoms with E-state index in [4.69, 9.17) is 4.74 Å². The van der Waals surface area contributed by atoms with Crippen molar-refractivity contribution < 1.29 is 9.53 Å². The van der Waals surface area contributed by atoms with E-state index in [9.17, 15) is 4.79 Å². The zero-order valence-electron chi connectivity index (χ0n) is 19.8. The van der Waals surface area contributed by atoms with Crippen molar-refractivity contribution >= 4 is 33.9 Å². The Kier molecular flexibility index (Phi) is 5.75. The summed E-state index contributed by atoms with van der Waals surface area (Å²) in [6.45, 7) is 1.91. The number of amides is 1. The van der Waals surface area contributed by atoms with Crippen LogP contribution in [0.1, 0.15) is 38.5 Å². The Balaban J connectivity index is 1.08. The lowest BCUT2D eigenvalue weighted by Gasteiger charge is -2.33. The average molecular weight is 492 g/mol. The van der Waals surface area contributed by atoms with E-state index in [1.165, 1.54) is 37.0 Å². The monoisotopic (exact) mass is 491 g/mol. The first-order valence-corrected chi connectivity index (χ1v) is 13.0. The minimum Gasteiger partial charge on any atom is -0.460 e. The van der Waals surface area contributed by atoms with Crippen LogP contribution in [0, 0.1) is 5.41 Å². The third kappa shape index (κ3) is 4.93. The van der Waals surface area contributed by atoms with E-state index in [2.05, 4.69) is 25.3 Å². The van der Waals surface area contributed by atoms with Gasteiger partial charge in [-0.1, -0.05) is 11.3 Å². The van der Waals surface area contributed by atoms with Crippen molar-refractivity contribution in [2.24, 2.45) is 5.41 Å². The molecule has 1 spiro atoms. The lowest BCUT2D eigenvalue weighted by Crippen LogP contribution is -2.48. The molecule has 3 fully saturated rings. The van der Waals surface area contributed by atoms with Gasteiger partial charge in [0.05, 0.1) is 29.0 Å². The number of rotatable bonds is 6. The number of anilines is 3. The van der Waals surface area contributed by atoms with Crippen molar-refractivity contribution in [3.63, 3.8) is 0 Å². The molecule has 35 heavy (non-hydrogen) atoms. The standard InChI is InChI=1S/C25H29N7O2S/c1-31-12-13-32(16-22(31)33)17-2-3-21(27-14-17)30-24-28-15-20(35-24)19-6-11-26-23(29-19)34-18-4-7-25(8-5-18)9-10-25/h2-3,6,11,14-15,18H,4-5,7-10,12-13,16H2,1H3,(H,27,28,30). The number of hydrogen-bond acceptors (Lipinski definition) is 9. The summed E-state index contributed by atoms with van der Waals surface area (Å²) in [5.41, 5.74) is 2.39. The fraction of sp³-hybridized carbons (Fsp3) is 0.480. The van der Waals surface area contributed by atoms with Crippen molar-refractivity contribution in [3.8, 4) is 16.6 Å². The first kappa shape index (κ1) is 22.2. The molecule has 6 rings (SSSR count). The smallest absolute Gasteiger partial charge is 0.317 e. The molecule has 0 radical (unpaired) electrons. The highest BCUT2D eigenvalue weighted by atomic mass is 32.1. The number of likely N-dealkylation sites (N-methyl/N-ethyl adjacent to an activating group) is 1. The summed E-state index contributed by atoms with van der Waals surface area (Å²) >= 11 is 1.51. The van der Waals surface area contributed by atoms with Gasteiger partial charge in [-0.2, -0.15) is 4.98 Å². The minimum absolute atomic E-state index is 0.123. The van der Waals surface area contributed by atoms with Gasteiger partial charge in [0.2, 0.25) is 5.91 Å². The predicted molar refractivity (Wildman–Crippen MR) is 135 cm³/mol.